The highest BCUT2D eigenvalue weighted by Crippen LogP contribution is 2.32. The third kappa shape index (κ3) is 2.00. The van der Waals surface area contributed by atoms with Gasteiger partial charge in [-0.25, -0.2) is 0 Å². The fourth-order valence-electron chi connectivity index (χ4n) is 1.63. The Morgan fingerprint density at radius 1 is 1.06 bits per heavy atom. The van der Waals surface area contributed by atoms with Gasteiger partial charge in [0.1, 0.15) is 0 Å². The molecule has 0 radical (unpaired) electrons. The fraction of sp³-hybridized carbons (Fsp3) is 0.167. The van der Waals surface area contributed by atoms with E-state index in [9.17, 15) is 13.2 Å². The molecular formula is C12H8ClF3. The maximum atomic E-state index is 12.5. The van der Waals surface area contributed by atoms with Crippen LogP contribution in [0.5, 0.6) is 0 Å². The zero-order valence-corrected chi connectivity index (χ0v) is 8.94. The van der Waals surface area contributed by atoms with Crippen molar-refractivity contribution in [2.75, 3.05) is 0 Å². The standard InChI is InChI=1S/C12H8ClF3/c13-7-9-3-1-2-8-4-5-10(6-11(8)9)12(14,15)16/h1-6H,7H2. The van der Waals surface area contributed by atoms with Crippen LogP contribution in [0.25, 0.3) is 10.8 Å². The van der Waals surface area contributed by atoms with Gasteiger partial charge in [0.15, 0.2) is 0 Å². The molecule has 0 atom stereocenters. The maximum absolute atomic E-state index is 12.5. The molecule has 0 N–H and O–H groups in total. The topological polar surface area (TPSA) is 0 Å². The van der Waals surface area contributed by atoms with Crippen molar-refractivity contribution >= 4 is 22.4 Å². The second kappa shape index (κ2) is 3.98. The number of hydrogen-bond acceptors (Lipinski definition) is 0. The van der Waals surface area contributed by atoms with Gasteiger partial charge in [0, 0.05) is 5.88 Å². The molecule has 0 aliphatic rings. The van der Waals surface area contributed by atoms with Crippen molar-refractivity contribution in [1.82, 2.24) is 0 Å². The summed E-state index contributed by atoms with van der Waals surface area (Å²) >= 11 is 5.69. The lowest BCUT2D eigenvalue weighted by Gasteiger charge is -2.09. The van der Waals surface area contributed by atoms with Gasteiger partial charge in [-0.15, -0.1) is 11.6 Å². The lowest BCUT2D eigenvalue weighted by atomic mass is 10.0. The molecule has 0 saturated carbocycles. The summed E-state index contributed by atoms with van der Waals surface area (Å²) in [6.45, 7) is 0. The summed E-state index contributed by atoms with van der Waals surface area (Å²) in [5.74, 6) is 0.207. The van der Waals surface area contributed by atoms with Gasteiger partial charge in [-0.3, -0.25) is 0 Å². The molecule has 0 aliphatic carbocycles. The van der Waals surface area contributed by atoms with Crippen LogP contribution in [0.3, 0.4) is 0 Å². The quantitative estimate of drug-likeness (QED) is 0.643. The average molecular weight is 245 g/mol. The van der Waals surface area contributed by atoms with Crippen LogP contribution in [0.1, 0.15) is 11.1 Å². The summed E-state index contributed by atoms with van der Waals surface area (Å²) in [4.78, 5) is 0. The Morgan fingerprint density at radius 2 is 1.81 bits per heavy atom. The highest BCUT2D eigenvalue weighted by Gasteiger charge is 2.30. The number of alkyl halides is 4. The molecule has 0 spiro atoms. The first-order chi connectivity index (χ1) is 7.52. The highest BCUT2D eigenvalue weighted by molar-refractivity contribution is 6.18. The van der Waals surface area contributed by atoms with Gasteiger partial charge in [-0.05, 0) is 28.5 Å². The number of hydrogen-bond donors (Lipinski definition) is 0. The molecule has 16 heavy (non-hydrogen) atoms. The van der Waals surface area contributed by atoms with E-state index in [1.807, 2.05) is 0 Å². The largest absolute Gasteiger partial charge is 0.416 e. The van der Waals surface area contributed by atoms with Crippen LogP contribution >= 0.6 is 11.6 Å². The van der Waals surface area contributed by atoms with E-state index in [1.54, 1.807) is 18.2 Å². The highest BCUT2D eigenvalue weighted by atomic mass is 35.5. The van der Waals surface area contributed by atoms with E-state index in [4.69, 9.17) is 11.6 Å². The molecule has 0 amide bonds. The molecule has 0 unspecified atom stereocenters. The van der Waals surface area contributed by atoms with E-state index in [1.165, 1.54) is 6.07 Å². The van der Waals surface area contributed by atoms with Crippen molar-refractivity contribution in [1.29, 1.82) is 0 Å². The van der Waals surface area contributed by atoms with Crippen LogP contribution in [-0.4, -0.2) is 0 Å². The first kappa shape index (κ1) is 11.3. The molecular weight excluding hydrogens is 237 g/mol. The lowest BCUT2D eigenvalue weighted by Crippen LogP contribution is -2.04. The monoisotopic (exact) mass is 244 g/mol. The van der Waals surface area contributed by atoms with Crippen molar-refractivity contribution in [3.63, 3.8) is 0 Å². The summed E-state index contributed by atoms with van der Waals surface area (Å²) in [6, 6.07) is 8.98. The van der Waals surface area contributed by atoms with E-state index >= 15 is 0 Å². The summed E-state index contributed by atoms with van der Waals surface area (Å²) < 4.78 is 37.6. The number of halogens is 4. The Kier molecular flexibility index (Phi) is 2.80. The molecule has 0 aromatic heterocycles. The van der Waals surface area contributed by atoms with Gasteiger partial charge >= 0.3 is 6.18 Å². The molecule has 0 nitrogen and oxygen atoms in total. The van der Waals surface area contributed by atoms with Crippen LogP contribution in [0.4, 0.5) is 13.2 Å². The van der Waals surface area contributed by atoms with Crippen LogP contribution < -0.4 is 0 Å². The van der Waals surface area contributed by atoms with Crippen molar-refractivity contribution in [3.8, 4) is 0 Å². The first-order valence-electron chi connectivity index (χ1n) is 4.67. The maximum Gasteiger partial charge on any atom is 0.416 e. The second-order valence-corrected chi connectivity index (χ2v) is 3.75. The van der Waals surface area contributed by atoms with Crippen molar-refractivity contribution < 1.29 is 13.2 Å². The molecule has 2 aromatic rings. The smallest absolute Gasteiger partial charge is 0.166 e. The minimum Gasteiger partial charge on any atom is -0.166 e. The minimum absolute atomic E-state index is 0.207. The summed E-state index contributed by atoms with van der Waals surface area (Å²) in [6.07, 6.45) is -4.31. The Balaban J connectivity index is 2.68. The lowest BCUT2D eigenvalue weighted by molar-refractivity contribution is -0.137. The first-order valence-corrected chi connectivity index (χ1v) is 5.20. The van der Waals surface area contributed by atoms with Gasteiger partial charge in [0.25, 0.3) is 0 Å². The normalized spacial score (nSPS) is 12.0. The molecule has 0 saturated heterocycles. The molecule has 84 valence electrons. The van der Waals surface area contributed by atoms with Gasteiger partial charge in [0.05, 0.1) is 5.56 Å². The summed E-state index contributed by atoms with van der Waals surface area (Å²) in [7, 11) is 0. The zero-order chi connectivity index (χ0) is 11.8. The fourth-order valence-corrected chi connectivity index (χ4v) is 1.86. The van der Waals surface area contributed by atoms with Crippen molar-refractivity contribution in [2.24, 2.45) is 0 Å². The van der Waals surface area contributed by atoms with E-state index in [-0.39, 0.29) is 5.88 Å². The molecule has 0 aliphatic heterocycles. The van der Waals surface area contributed by atoms with E-state index in [0.29, 0.717) is 10.9 Å². The molecule has 4 heteroatoms. The van der Waals surface area contributed by atoms with Gasteiger partial charge in [0.2, 0.25) is 0 Å². The summed E-state index contributed by atoms with van der Waals surface area (Å²) in [5, 5.41) is 1.33. The predicted molar refractivity (Wildman–Crippen MR) is 58.5 cm³/mol. The van der Waals surface area contributed by atoms with Crippen LogP contribution in [0.15, 0.2) is 36.4 Å². The summed E-state index contributed by atoms with van der Waals surface area (Å²) in [5.41, 5.74) is 0.0721. The average Bonchev–Trinajstić information content (AvgIpc) is 2.26. The van der Waals surface area contributed by atoms with Crippen LogP contribution in [-0.2, 0) is 12.1 Å². The van der Waals surface area contributed by atoms with Gasteiger partial charge < -0.3 is 0 Å². The molecule has 2 rings (SSSR count). The van der Waals surface area contributed by atoms with Crippen molar-refractivity contribution in [2.45, 2.75) is 12.1 Å². The minimum atomic E-state index is -4.31. The second-order valence-electron chi connectivity index (χ2n) is 3.48. The molecule has 0 bridgehead atoms. The molecule has 0 heterocycles. The van der Waals surface area contributed by atoms with Crippen LogP contribution in [0, 0.1) is 0 Å². The Labute approximate surface area is 95.6 Å². The third-order valence-electron chi connectivity index (χ3n) is 2.44. The van der Waals surface area contributed by atoms with Gasteiger partial charge in [-0.2, -0.15) is 13.2 Å². The van der Waals surface area contributed by atoms with E-state index < -0.39 is 11.7 Å². The van der Waals surface area contributed by atoms with Crippen LogP contribution in [0.2, 0.25) is 0 Å². The molecule has 0 fully saturated rings. The number of rotatable bonds is 1. The molecule has 2 aromatic carbocycles. The Hall–Kier alpha value is -1.22. The predicted octanol–water partition coefficient (Wildman–Crippen LogP) is 4.60. The van der Waals surface area contributed by atoms with Gasteiger partial charge in [-0.1, -0.05) is 24.3 Å². The third-order valence-corrected chi connectivity index (χ3v) is 2.73. The zero-order valence-electron chi connectivity index (χ0n) is 8.18. The van der Waals surface area contributed by atoms with E-state index in [0.717, 1.165) is 17.5 Å². The SMILES string of the molecule is FC(F)(F)c1ccc2cccc(CCl)c2c1. The Morgan fingerprint density at radius 3 is 2.44 bits per heavy atom. The Bertz CT molecular complexity index is 517. The number of fused-ring (bicyclic) bond motifs is 1. The van der Waals surface area contributed by atoms with Crippen molar-refractivity contribution in [3.05, 3.63) is 47.5 Å². The number of benzene rings is 2. The van der Waals surface area contributed by atoms with E-state index in [2.05, 4.69) is 0 Å².